The topological polar surface area (TPSA) is 97.7 Å². The molecule has 3 rings (SSSR count). The number of benzene rings is 2. The minimum Gasteiger partial charge on any atom is -0.504 e. The standard InChI is InChI=1S/C12H15NO4.C7H8O2.CH4O/c1-15-9-6-8(13-5-4-11(13)14)7-10(16-2)12(9)17-3;1-9-7-5-3-2-4-6(7)8;1-2/h6-7H,4-5H2,1-3H3;2-5,8H,1H3;2H,1H3. The molecule has 2 N–H and O–H groups in total. The lowest BCUT2D eigenvalue weighted by Gasteiger charge is -2.31. The molecule has 0 spiro atoms. The van der Waals surface area contributed by atoms with Gasteiger partial charge in [0.25, 0.3) is 0 Å². The number of carbonyl (C=O) groups is 1. The van der Waals surface area contributed by atoms with Crippen LogP contribution in [0.4, 0.5) is 5.69 Å². The summed E-state index contributed by atoms with van der Waals surface area (Å²) in [5, 5.41) is 16.0. The fraction of sp³-hybridized carbons (Fsp3) is 0.350. The highest BCUT2D eigenvalue weighted by atomic mass is 16.5. The number of aliphatic hydroxyl groups excluding tert-OH is 1. The van der Waals surface area contributed by atoms with E-state index in [9.17, 15) is 4.79 Å². The van der Waals surface area contributed by atoms with Gasteiger partial charge in [0.15, 0.2) is 23.0 Å². The normalized spacial score (nSPS) is 11.8. The van der Waals surface area contributed by atoms with Gasteiger partial charge in [0, 0.05) is 32.2 Å². The second kappa shape index (κ2) is 11.6. The van der Waals surface area contributed by atoms with Crippen molar-refractivity contribution >= 4 is 11.6 Å². The van der Waals surface area contributed by atoms with Crippen LogP contribution in [0.25, 0.3) is 0 Å². The van der Waals surface area contributed by atoms with Crippen LogP contribution in [0.5, 0.6) is 28.7 Å². The molecular weight excluding hydrogens is 366 g/mol. The number of aromatic hydroxyl groups is 1. The van der Waals surface area contributed by atoms with Crippen molar-refractivity contribution in [1.29, 1.82) is 0 Å². The number of ether oxygens (including phenoxy) is 4. The molecule has 28 heavy (non-hydrogen) atoms. The first-order valence-corrected chi connectivity index (χ1v) is 8.42. The summed E-state index contributed by atoms with van der Waals surface area (Å²) in [7, 11) is 7.18. The van der Waals surface area contributed by atoms with E-state index >= 15 is 0 Å². The van der Waals surface area contributed by atoms with Crippen molar-refractivity contribution in [2.24, 2.45) is 0 Å². The van der Waals surface area contributed by atoms with Crippen LogP contribution in [0, 0.1) is 0 Å². The Hall–Kier alpha value is -3.13. The highest BCUT2D eigenvalue weighted by molar-refractivity contribution is 5.99. The molecule has 1 heterocycles. The number of β-lactam (4-membered cyclic amide) rings is 1. The Morgan fingerprint density at radius 2 is 1.39 bits per heavy atom. The predicted octanol–water partition coefficient (Wildman–Crippen LogP) is 2.46. The van der Waals surface area contributed by atoms with E-state index in [1.807, 2.05) is 0 Å². The number of rotatable bonds is 5. The molecule has 1 amide bonds. The van der Waals surface area contributed by atoms with Gasteiger partial charge in [-0.15, -0.1) is 0 Å². The molecule has 8 nitrogen and oxygen atoms in total. The number of anilines is 1. The van der Waals surface area contributed by atoms with E-state index in [0.29, 0.717) is 29.4 Å². The number of carbonyl (C=O) groups excluding carboxylic acids is 1. The first-order chi connectivity index (χ1) is 13.5. The Bertz CT molecular complexity index is 739. The Morgan fingerprint density at radius 1 is 0.857 bits per heavy atom. The van der Waals surface area contributed by atoms with Crippen molar-refractivity contribution in [1.82, 2.24) is 0 Å². The van der Waals surface area contributed by atoms with Crippen LogP contribution in [-0.4, -0.2) is 58.2 Å². The summed E-state index contributed by atoms with van der Waals surface area (Å²) in [5.74, 6) is 2.45. The number of amides is 1. The summed E-state index contributed by atoms with van der Waals surface area (Å²) in [4.78, 5) is 13.1. The third-order valence-electron chi connectivity index (χ3n) is 3.90. The van der Waals surface area contributed by atoms with Gasteiger partial charge in [-0.1, -0.05) is 12.1 Å². The molecule has 1 fully saturated rings. The van der Waals surface area contributed by atoms with E-state index in [1.54, 1.807) is 62.6 Å². The van der Waals surface area contributed by atoms with E-state index in [2.05, 4.69) is 0 Å². The van der Waals surface area contributed by atoms with Crippen LogP contribution >= 0.6 is 0 Å². The Labute approximate surface area is 164 Å². The van der Waals surface area contributed by atoms with E-state index in [4.69, 9.17) is 29.2 Å². The van der Waals surface area contributed by atoms with Crippen molar-refractivity contribution < 1.29 is 34.0 Å². The van der Waals surface area contributed by atoms with Crippen LogP contribution in [-0.2, 0) is 4.79 Å². The van der Waals surface area contributed by atoms with Crippen LogP contribution in [0.15, 0.2) is 36.4 Å². The molecule has 0 aromatic heterocycles. The SMILES string of the molecule is CO.COc1cc(N2CCC2=O)cc(OC)c1OC.COc1ccccc1O. The van der Waals surface area contributed by atoms with Crippen molar-refractivity contribution in [2.45, 2.75) is 6.42 Å². The highest BCUT2D eigenvalue weighted by Crippen LogP contribution is 2.41. The van der Waals surface area contributed by atoms with Crippen molar-refractivity contribution in [2.75, 3.05) is 47.0 Å². The second-order valence-electron chi connectivity index (χ2n) is 5.35. The van der Waals surface area contributed by atoms with Crippen molar-refractivity contribution in [3.8, 4) is 28.7 Å². The maximum absolute atomic E-state index is 11.4. The minimum absolute atomic E-state index is 0.110. The zero-order valence-electron chi connectivity index (χ0n) is 16.8. The lowest BCUT2D eigenvalue weighted by molar-refractivity contribution is -0.122. The number of hydrogen-bond acceptors (Lipinski definition) is 7. The van der Waals surface area contributed by atoms with Gasteiger partial charge in [-0.2, -0.15) is 0 Å². The Balaban J connectivity index is 0.000000301. The van der Waals surface area contributed by atoms with Crippen molar-refractivity contribution in [3.05, 3.63) is 36.4 Å². The molecular formula is C20H27NO7. The first-order valence-electron chi connectivity index (χ1n) is 8.42. The zero-order chi connectivity index (χ0) is 21.1. The smallest absolute Gasteiger partial charge is 0.228 e. The zero-order valence-corrected chi connectivity index (χ0v) is 16.8. The lowest BCUT2D eigenvalue weighted by atomic mass is 10.1. The van der Waals surface area contributed by atoms with Gasteiger partial charge in [-0.3, -0.25) is 4.79 Å². The number of hydrogen-bond donors (Lipinski definition) is 2. The molecule has 0 unspecified atom stereocenters. The molecule has 0 atom stereocenters. The van der Waals surface area contributed by atoms with E-state index in [1.165, 1.54) is 7.11 Å². The summed E-state index contributed by atoms with van der Waals surface area (Å²) in [6, 6.07) is 10.4. The number of methoxy groups -OCH3 is 4. The minimum atomic E-state index is 0.110. The van der Waals surface area contributed by atoms with Gasteiger partial charge in [0.2, 0.25) is 11.7 Å². The van der Waals surface area contributed by atoms with Crippen LogP contribution in [0.2, 0.25) is 0 Å². The average molecular weight is 393 g/mol. The molecule has 0 aliphatic carbocycles. The Kier molecular flexibility index (Phi) is 9.45. The quantitative estimate of drug-likeness (QED) is 0.753. The molecule has 0 saturated carbocycles. The van der Waals surface area contributed by atoms with Gasteiger partial charge in [0.1, 0.15) is 0 Å². The van der Waals surface area contributed by atoms with Crippen LogP contribution in [0.1, 0.15) is 6.42 Å². The largest absolute Gasteiger partial charge is 0.504 e. The van der Waals surface area contributed by atoms with Crippen LogP contribution < -0.4 is 23.8 Å². The summed E-state index contributed by atoms with van der Waals surface area (Å²) < 4.78 is 20.5. The molecule has 1 aliphatic heterocycles. The summed E-state index contributed by atoms with van der Waals surface area (Å²) in [6.45, 7) is 0.734. The number of para-hydroxylation sites is 2. The third-order valence-corrected chi connectivity index (χ3v) is 3.90. The monoisotopic (exact) mass is 393 g/mol. The second-order valence-corrected chi connectivity index (χ2v) is 5.35. The predicted molar refractivity (Wildman–Crippen MR) is 106 cm³/mol. The first kappa shape index (κ1) is 22.9. The van der Waals surface area contributed by atoms with Gasteiger partial charge >= 0.3 is 0 Å². The number of aliphatic hydroxyl groups is 1. The van der Waals surface area contributed by atoms with Crippen molar-refractivity contribution in [3.63, 3.8) is 0 Å². The fourth-order valence-corrected chi connectivity index (χ4v) is 2.44. The molecule has 0 radical (unpaired) electrons. The molecule has 1 aliphatic rings. The maximum atomic E-state index is 11.4. The highest BCUT2D eigenvalue weighted by Gasteiger charge is 2.27. The van der Waals surface area contributed by atoms with Gasteiger partial charge in [0.05, 0.1) is 34.1 Å². The fourth-order valence-electron chi connectivity index (χ4n) is 2.44. The average Bonchev–Trinajstić information content (AvgIpc) is 2.74. The lowest BCUT2D eigenvalue weighted by Crippen LogP contribution is -2.43. The number of nitrogens with zero attached hydrogens (tertiary/aromatic N) is 1. The van der Waals surface area contributed by atoms with E-state index < -0.39 is 0 Å². The summed E-state index contributed by atoms with van der Waals surface area (Å²) in [5.41, 5.74) is 0.774. The molecule has 1 saturated heterocycles. The number of phenolic OH excluding ortho intramolecular Hbond substituents is 1. The van der Waals surface area contributed by atoms with Gasteiger partial charge in [-0.05, 0) is 12.1 Å². The molecule has 2 aromatic rings. The summed E-state index contributed by atoms with van der Waals surface area (Å²) in [6.07, 6.45) is 0.594. The van der Waals surface area contributed by atoms with Gasteiger partial charge < -0.3 is 34.1 Å². The van der Waals surface area contributed by atoms with E-state index in [-0.39, 0.29) is 11.7 Å². The third kappa shape index (κ3) is 5.43. The molecule has 154 valence electrons. The van der Waals surface area contributed by atoms with Gasteiger partial charge in [-0.25, -0.2) is 0 Å². The maximum Gasteiger partial charge on any atom is 0.228 e. The van der Waals surface area contributed by atoms with Crippen LogP contribution in [0.3, 0.4) is 0 Å². The molecule has 2 aromatic carbocycles. The molecule has 0 bridgehead atoms. The van der Waals surface area contributed by atoms with E-state index in [0.717, 1.165) is 19.3 Å². The number of phenols is 1. The molecule has 8 heteroatoms. The summed E-state index contributed by atoms with van der Waals surface area (Å²) >= 11 is 0. The Morgan fingerprint density at radius 3 is 1.71 bits per heavy atom.